The summed E-state index contributed by atoms with van der Waals surface area (Å²) in [7, 11) is 0. The van der Waals surface area contributed by atoms with Crippen LogP contribution in [0.1, 0.15) is 5.56 Å². The molecule has 0 aliphatic carbocycles. The second kappa shape index (κ2) is 7.90. The number of aromatic nitrogens is 4. The fourth-order valence-electron chi connectivity index (χ4n) is 3.09. The number of rotatable bonds is 5. The number of ether oxygens (including phenoxy) is 1. The molecule has 7 heteroatoms. The standard InChI is InChI=1S/C19H21N5OS/c26-19-23(14-16-4-2-1-3-5-16)18(17-6-8-20-9-7-17)21-24(19)15-22-10-12-25-13-11-22/h1-9H,10-15H2. The SMILES string of the molecule is S=c1n(CN2CCOCC2)nc(-c2ccncc2)n1Cc1ccccc1. The van der Waals surface area contributed by atoms with Gasteiger partial charge in [0.05, 0.1) is 26.4 Å². The third kappa shape index (κ3) is 3.75. The maximum Gasteiger partial charge on any atom is 0.199 e. The van der Waals surface area contributed by atoms with Crippen LogP contribution in [0.25, 0.3) is 11.4 Å². The van der Waals surface area contributed by atoms with Gasteiger partial charge in [-0.2, -0.15) is 5.10 Å². The average Bonchev–Trinajstić information content (AvgIpc) is 3.00. The van der Waals surface area contributed by atoms with Gasteiger partial charge in [-0.05, 0) is 29.9 Å². The quantitative estimate of drug-likeness (QED) is 0.649. The Morgan fingerprint density at radius 2 is 1.73 bits per heavy atom. The average molecular weight is 367 g/mol. The Morgan fingerprint density at radius 3 is 2.46 bits per heavy atom. The summed E-state index contributed by atoms with van der Waals surface area (Å²) in [6.07, 6.45) is 3.57. The molecule has 4 rings (SSSR count). The Balaban J connectivity index is 1.71. The Labute approximate surface area is 157 Å². The van der Waals surface area contributed by atoms with Crippen LogP contribution >= 0.6 is 12.2 Å². The second-order valence-electron chi connectivity index (χ2n) is 6.29. The summed E-state index contributed by atoms with van der Waals surface area (Å²) in [6, 6.07) is 14.3. The van der Waals surface area contributed by atoms with Crippen molar-refractivity contribution in [1.82, 2.24) is 24.2 Å². The minimum absolute atomic E-state index is 0.683. The van der Waals surface area contributed by atoms with Gasteiger partial charge in [-0.15, -0.1) is 0 Å². The first-order valence-electron chi connectivity index (χ1n) is 8.73. The van der Waals surface area contributed by atoms with Crippen LogP contribution in [0.5, 0.6) is 0 Å². The number of hydrogen-bond donors (Lipinski definition) is 0. The molecule has 134 valence electrons. The van der Waals surface area contributed by atoms with E-state index in [0.717, 1.165) is 42.5 Å². The first-order chi connectivity index (χ1) is 12.8. The lowest BCUT2D eigenvalue weighted by atomic mass is 10.2. The zero-order valence-corrected chi connectivity index (χ0v) is 15.3. The van der Waals surface area contributed by atoms with Gasteiger partial charge in [-0.25, -0.2) is 4.68 Å². The third-order valence-electron chi connectivity index (χ3n) is 4.48. The summed E-state index contributed by atoms with van der Waals surface area (Å²) < 4.78 is 10.2. The van der Waals surface area contributed by atoms with Gasteiger partial charge in [0.25, 0.3) is 0 Å². The maximum absolute atomic E-state index is 5.77. The molecule has 1 aromatic carbocycles. The van der Waals surface area contributed by atoms with Crippen molar-refractivity contribution in [2.45, 2.75) is 13.2 Å². The molecule has 1 aliphatic rings. The first kappa shape index (κ1) is 17.1. The van der Waals surface area contributed by atoms with Gasteiger partial charge in [0.15, 0.2) is 10.6 Å². The molecule has 1 aliphatic heterocycles. The molecule has 1 fully saturated rings. The van der Waals surface area contributed by atoms with E-state index in [-0.39, 0.29) is 0 Å². The van der Waals surface area contributed by atoms with Crippen LogP contribution in [0.4, 0.5) is 0 Å². The monoisotopic (exact) mass is 367 g/mol. The molecule has 0 unspecified atom stereocenters. The lowest BCUT2D eigenvalue weighted by Gasteiger charge is -2.26. The van der Waals surface area contributed by atoms with Crippen molar-refractivity contribution in [3.63, 3.8) is 0 Å². The molecule has 3 heterocycles. The Morgan fingerprint density at radius 1 is 1.00 bits per heavy atom. The largest absolute Gasteiger partial charge is 0.379 e. The van der Waals surface area contributed by atoms with Crippen molar-refractivity contribution >= 4 is 12.2 Å². The van der Waals surface area contributed by atoms with Gasteiger partial charge in [-0.3, -0.25) is 14.5 Å². The highest BCUT2D eigenvalue weighted by Crippen LogP contribution is 2.19. The predicted molar refractivity (Wildman–Crippen MR) is 102 cm³/mol. The fraction of sp³-hybridized carbons (Fsp3) is 0.316. The van der Waals surface area contributed by atoms with Crippen molar-refractivity contribution in [3.05, 3.63) is 65.2 Å². The summed E-state index contributed by atoms with van der Waals surface area (Å²) >= 11 is 5.77. The van der Waals surface area contributed by atoms with Crippen LogP contribution in [0.15, 0.2) is 54.9 Å². The van der Waals surface area contributed by atoms with Crippen molar-refractivity contribution in [2.24, 2.45) is 0 Å². The molecule has 2 aromatic heterocycles. The van der Waals surface area contributed by atoms with E-state index < -0.39 is 0 Å². The van der Waals surface area contributed by atoms with Gasteiger partial charge in [-0.1, -0.05) is 30.3 Å². The molecule has 1 saturated heterocycles. The van der Waals surface area contributed by atoms with Crippen molar-refractivity contribution < 1.29 is 4.74 Å². The normalized spacial score (nSPS) is 15.2. The summed E-state index contributed by atoms with van der Waals surface area (Å²) in [5.74, 6) is 0.870. The molecule has 6 nitrogen and oxygen atoms in total. The van der Waals surface area contributed by atoms with Crippen LogP contribution in [0.3, 0.4) is 0 Å². The van der Waals surface area contributed by atoms with E-state index in [1.165, 1.54) is 5.56 Å². The number of nitrogens with zero attached hydrogens (tertiary/aromatic N) is 5. The zero-order chi connectivity index (χ0) is 17.8. The molecular weight excluding hydrogens is 346 g/mol. The van der Waals surface area contributed by atoms with Crippen molar-refractivity contribution in [1.29, 1.82) is 0 Å². The number of pyridine rings is 1. The number of hydrogen-bond acceptors (Lipinski definition) is 5. The van der Waals surface area contributed by atoms with E-state index in [0.29, 0.717) is 13.2 Å². The van der Waals surface area contributed by atoms with Gasteiger partial charge in [0, 0.05) is 31.0 Å². The molecule has 0 saturated carbocycles. The number of morpholine rings is 1. The Hall–Kier alpha value is -2.35. The van der Waals surface area contributed by atoms with E-state index in [1.807, 2.05) is 35.0 Å². The van der Waals surface area contributed by atoms with Gasteiger partial charge < -0.3 is 4.74 Å². The van der Waals surface area contributed by atoms with E-state index in [2.05, 4.69) is 26.6 Å². The highest BCUT2D eigenvalue weighted by Gasteiger charge is 2.17. The lowest BCUT2D eigenvalue weighted by Crippen LogP contribution is -2.37. The Bertz CT molecular complexity index is 901. The molecule has 0 amide bonds. The smallest absolute Gasteiger partial charge is 0.199 e. The zero-order valence-electron chi connectivity index (χ0n) is 14.5. The lowest BCUT2D eigenvalue weighted by molar-refractivity contribution is 0.0209. The molecular formula is C19H21N5OS. The molecule has 0 spiro atoms. The van der Waals surface area contributed by atoms with Crippen molar-refractivity contribution in [2.75, 3.05) is 26.3 Å². The summed E-state index contributed by atoms with van der Waals surface area (Å²) in [6.45, 7) is 4.70. The predicted octanol–water partition coefficient (Wildman–Crippen LogP) is 2.81. The van der Waals surface area contributed by atoms with E-state index in [4.69, 9.17) is 22.1 Å². The molecule has 3 aromatic rings. The third-order valence-corrected chi connectivity index (χ3v) is 4.91. The van der Waals surface area contributed by atoms with Gasteiger partial charge in [0.2, 0.25) is 0 Å². The fourth-order valence-corrected chi connectivity index (χ4v) is 3.34. The van der Waals surface area contributed by atoms with Gasteiger partial charge >= 0.3 is 0 Å². The topological polar surface area (TPSA) is 48.1 Å². The first-order valence-corrected chi connectivity index (χ1v) is 9.14. The molecule has 0 bridgehead atoms. The van der Waals surface area contributed by atoms with E-state index in [9.17, 15) is 0 Å². The number of benzene rings is 1. The van der Waals surface area contributed by atoms with Crippen LogP contribution in [0.2, 0.25) is 0 Å². The molecule has 0 atom stereocenters. The second-order valence-corrected chi connectivity index (χ2v) is 6.65. The maximum atomic E-state index is 5.77. The van der Waals surface area contributed by atoms with Crippen molar-refractivity contribution in [3.8, 4) is 11.4 Å². The van der Waals surface area contributed by atoms with E-state index in [1.54, 1.807) is 12.4 Å². The highest BCUT2D eigenvalue weighted by atomic mass is 32.1. The summed E-state index contributed by atoms with van der Waals surface area (Å²) in [4.78, 5) is 6.43. The Kier molecular flexibility index (Phi) is 5.19. The van der Waals surface area contributed by atoms with Crippen LogP contribution in [0, 0.1) is 4.77 Å². The molecule has 26 heavy (non-hydrogen) atoms. The minimum atomic E-state index is 0.683. The van der Waals surface area contributed by atoms with Crippen LogP contribution in [-0.4, -0.2) is 50.5 Å². The molecule has 0 radical (unpaired) electrons. The molecule has 0 N–H and O–H groups in total. The van der Waals surface area contributed by atoms with Crippen LogP contribution < -0.4 is 0 Å². The summed E-state index contributed by atoms with van der Waals surface area (Å²) in [5.41, 5.74) is 2.22. The van der Waals surface area contributed by atoms with Crippen LogP contribution in [-0.2, 0) is 18.0 Å². The highest BCUT2D eigenvalue weighted by molar-refractivity contribution is 7.71. The van der Waals surface area contributed by atoms with Gasteiger partial charge in [0.1, 0.15) is 0 Å². The van der Waals surface area contributed by atoms with E-state index >= 15 is 0 Å². The minimum Gasteiger partial charge on any atom is -0.379 e. The summed E-state index contributed by atoms with van der Waals surface area (Å²) in [5, 5.41) is 4.84.